The van der Waals surface area contributed by atoms with Gasteiger partial charge in [0.1, 0.15) is 5.69 Å². The second-order valence-corrected chi connectivity index (χ2v) is 5.54. The molecule has 20 heavy (non-hydrogen) atoms. The molecule has 0 spiro atoms. The number of carbonyl (C=O) groups excluding carboxylic acids is 1. The van der Waals surface area contributed by atoms with Gasteiger partial charge in [0.25, 0.3) is 5.91 Å². The smallest absolute Gasteiger partial charge is 0.268 e. The largest absolute Gasteiger partial charge is 0.359 e. The number of aromatic nitrogens is 3. The molecule has 2 aromatic heterocycles. The molecule has 0 aliphatic carbocycles. The van der Waals surface area contributed by atoms with Crippen LogP contribution in [0.1, 0.15) is 16.2 Å². The summed E-state index contributed by atoms with van der Waals surface area (Å²) in [5.74, 6) is 0.538. The van der Waals surface area contributed by atoms with Crippen LogP contribution in [0.2, 0.25) is 0 Å². The Morgan fingerprint density at radius 3 is 2.85 bits per heavy atom. The molecule has 8 heteroatoms. The standard InChI is InChI=1S/C12H13Br2N5O/c1-15-12-17-6-7(18-12)3-2-4-16-11(20)9-5-8(13)10(14)19-9/h2-3,5-6,19H,4H2,1H3,(H,16,20)(H2,15,17,18)/b3-2-. The summed E-state index contributed by atoms with van der Waals surface area (Å²) in [4.78, 5) is 21.9. The number of anilines is 1. The van der Waals surface area contributed by atoms with Gasteiger partial charge in [0.2, 0.25) is 0 Å². The number of rotatable bonds is 5. The highest BCUT2D eigenvalue weighted by Gasteiger charge is 2.09. The van der Waals surface area contributed by atoms with Crippen LogP contribution in [-0.2, 0) is 0 Å². The topological polar surface area (TPSA) is 85.6 Å². The summed E-state index contributed by atoms with van der Waals surface area (Å²) in [7, 11) is 1.79. The third-order valence-corrected chi connectivity index (χ3v) is 4.26. The van der Waals surface area contributed by atoms with Gasteiger partial charge >= 0.3 is 0 Å². The molecule has 6 nitrogen and oxygen atoms in total. The van der Waals surface area contributed by atoms with Crippen LogP contribution in [0.25, 0.3) is 6.08 Å². The van der Waals surface area contributed by atoms with Crippen molar-refractivity contribution in [3.05, 3.63) is 38.8 Å². The van der Waals surface area contributed by atoms with Crippen molar-refractivity contribution in [3.63, 3.8) is 0 Å². The summed E-state index contributed by atoms with van der Waals surface area (Å²) in [5.41, 5.74) is 1.37. The number of nitrogens with one attached hydrogen (secondary N) is 4. The Bertz CT molecular complexity index is 612. The molecule has 0 atom stereocenters. The SMILES string of the molecule is CNc1ncc(/C=C\CNC(=O)c2cc(Br)c(Br)[nH]2)[nH]1. The maximum absolute atomic E-state index is 11.8. The van der Waals surface area contributed by atoms with E-state index in [1.807, 2.05) is 12.2 Å². The maximum Gasteiger partial charge on any atom is 0.268 e. The lowest BCUT2D eigenvalue weighted by atomic mass is 10.4. The summed E-state index contributed by atoms with van der Waals surface area (Å²) in [6.45, 7) is 0.432. The van der Waals surface area contributed by atoms with E-state index >= 15 is 0 Å². The predicted octanol–water partition coefficient (Wildman–Crippen LogP) is 2.75. The van der Waals surface area contributed by atoms with E-state index in [0.29, 0.717) is 18.2 Å². The molecule has 0 unspecified atom stereocenters. The minimum atomic E-state index is -0.165. The number of hydrogen-bond donors (Lipinski definition) is 4. The highest BCUT2D eigenvalue weighted by Crippen LogP contribution is 2.22. The fourth-order valence-corrected chi connectivity index (χ4v) is 2.16. The van der Waals surface area contributed by atoms with Gasteiger partial charge in [0, 0.05) is 13.6 Å². The Hall–Kier alpha value is -1.54. The maximum atomic E-state index is 11.8. The average molecular weight is 403 g/mol. The molecule has 0 bridgehead atoms. The highest BCUT2D eigenvalue weighted by molar-refractivity contribution is 9.13. The van der Waals surface area contributed by atoms with E-state index in [1.165, 1.54) is 0 Å². The summed E-state index contributed by atoms with van der Waals surface area (Å²) in [6, 6.07) is 1.72. The molecule has 0 saturated heterocycles. The lowest BCUT2D eigenvalue weighted by Gasteiger charge is -1.98. The molecule has 0 aliphatic rings. The van der Waals surface area contributed by atoms with E-state index in [1.54, 1.807) is 19.3 Å². The van der Waals surface area contributed by atoms with Crippen LogP contribution in [0.4, 0.5) is 5.95 Å². The van der Waals surface area contributed by atoms with Crippen LogP contribution in [-0.4, -0.2) is 34.5 Å². The minimum Gasteiger partial charge on any atom is -0.359 e. The van der Waals surface area contributed by atoms with Gasteiger partial charge in [0.15, 0.2) is 5.95 Å². The zero-order valence-corrected chi connectivity index (χ0v) is 13.8. The Labute approximate surface area is 132 Å². The zero-order valence-electron chi connectivity index (χ0n) is 10.6. The molecule has 0 radical (unpaired) electrons. The fraction of sp³-hybridized carbons (Fsp3) is 0.167. The van der Waals surface area contributed by atoms with E-state index in [4.69, 9.17) is 0 Å². The number of hydrogen-bond acceptors (Lipinski definition) is 3. The van der Waals surface area contributed by atoms with Gasteiger partial charge in [-0.25, -0.2) is 4.98 Å². The molecular weight excluding hydrogens is 390 g/mol. The first-order valence-corrected chi connectivity index (χ1v) is 7.40. The molecule has 0 saturated carbocycles. The summed E-state index contributed by atoms with van der Waals surface area (Å²) < 4.78 is 1.56. The van der Waals surface area contributed by atoms with E-state index in [-0.39, 0.29) is 5.91 Å². The van der Waals surface area contributed by atoms with E-state index in [9.17, 15) is 4.79 Å². The Morgan fingerprint density at radius 2 is 2.25 bits per heavy atom. The first-order chi connectivity index (χ1) is 9.60. The molecule has 2 heterocycles. The summed E-state index contributed by atoms with van der Waals surface area (Å²) >= 11 is 6.61. The van der Waals surface area contributed by atoms with Gasteiger partial charge in [-0.2, -0.15) is 0 Å². The predicted molar refractivity (Wildman–Crippen MR) is 85.7 cm³/mol. The molecule has 4 N–H and O–H groups in total. The Kier molecular flexibility index (Phi) is 5.02. The van der Waals surface area contributed by atoms with Crippen molar-refractivity contribution in [2.45, 2.75) is 0 Å². The van der Waals surface area contributed by atoms with Crippen LogP contribution in [0, 0.1) is 0 Å². The van der Waals surface area contributed by atoms with Gasteiger partial charge in [-0.15, -0.1) is 0 Å². The molecule has 0 fully saturated rings. The van der Waals surface area contributed by atoms with Gasteiger partial charge in [-0.05, 0) is 44.0 Å². The van der Waals surface area contributed by atoms with Gasteiger partial charge in [-0.3, -0.25) is 4.79 Å². The van der Waals surface area contributed by atoms with Crippen molar-refractivity contribution in [2.24, 2.45) is 0 Å². The number of nitrogens with zero attached hydrogens (tertiary/aromatic N) is 1. The molecule has 2 rings (SSSR count). The van der Waals surface area contributed by atoms with Gasteiger partial charge in [0.05, 0.1) is 21.0 Å². The lowest BCUT2D eigenvalue weighted by Crippen LogP contribution is -2.23. The second kappa shape index (κ2) is 6.76. The second-order valence-electron chi connectivity index (χ2n) is 3.89. The first-order valence-electron chi connectivity index (χ1n) is 5.81. The molecule has 0 aromatic carbocycles. The van der Waals surface area contributed by atoms with Crippen molar-refractivity contribution in [3.8, 4) is 0 Å². The Balaban J connectivity index is 1.84. The molecule has 0 aliphatic heterocycles. The van der Waals surface area contributed by atoms with Crippen molar-refractivity contribution >= 4 is 49.8 Å². The van der Waals surface area contributed by atoms with Crippen LogP contribution in [0.3, 0.4) is 0 Å². The summed E-state index contributed by atoms with van der Waals surface area (Å²) in [6.07, 6.45) is 5.41. The third-order valence-electron chi connectivity index (χ3n) is 2.48. The number of aromatic amines is 2. The molecular formula is C12H13Br2N5O. The first kappa shape index (κ1) is 14.9. The van der Waals surface area contributed by atoms with Crippen molar-refractivity contribution < 1.29 is 4.79 Å². The van der Waals surface area contributed by atoms with Crippen molar-refractivity contribution in [2.75, 3.05) is 18.9 Å². The zero-order chi connectivity index (χ0) is 14.5. The molecule has 1 amide bonds. The normalized spacial score (nSPS) is 10.9. The number of halogens is 2. The number of amides is 1. The molecule has 2 aromatic rings. The fourth-order valence-electron chi connectivity index (χ4n) is 1.51. The minimum absolute atomic E-state index is 0.165. The van der Waals surface area contributed by atoms with Crippen LogP contribution in [0.5, 0.6) is 0 Å². The third kappa shape index (κ3) is 3.73. The van der Waals surface area contributed by atoms with Crippen molar-refractivity contribution in [1.29, 1.82) is 0 Å². The monoisotopic (exact) mass is 401 g/mol. The van der Waals surface area contributed by atoms with Crippen LogP contribution in [0.15, 0.2) is 27.4 Å². The number of H-pyrrole nitrogens is 2. The average Bonchev–Trinajstić information content (AvgIpc) is 3.02. The van der Waals surface area contributed by atoms with E-state index < -0.39 is 0 Å². The van der Waals surface area contributed by atoms with Crippen LogP contribution < -0.4 is 10.6 Å². The number of carbonyl (C=O) groups is 1. The highest BCUT2D eigenvalue weighted by atomic mass is 79.9. The Morgan fingerprint density at radius 1 is 1.45 bits per heavy atom. The van der Waals surface area contributed by atoms with E-state index in [2.05, 4.69) is 57.4 Å². The van der Waals surface area contributed by atoms with Gasteiger partial charge < -0.3 is 20.6 Å². The number of imidazole rings is 1. The van der Waals surface area contributed by atoms with E-state index in [0.717, 1.165) is 14.8 Å². The lowest BCUT2D eigenvalue weighted by molar-refractivity contribution is 0.0953. The van der Waals surface area contributed by atoms with Gasteiger partial charge in [-0.1, -0.05) is 6.08 Å². The van der Waals surface area contributed by atoms with Crippen LogP contribution >= 0.6 is 31.9 Å². The summed E-state index contributed by atoms with van der Waals surface area (Å²) in [5, 5.41) is 5.68. The quantitative estimate of drug-likeness (QED) is 0.620. The van der Waals surface area contributed by atoms with Crippen molar-refractivity contribution in [1.82, 2.24) is 20.3 Å². The molecule has 106 valence electrons.